The lowest BCUT2D eigenvalue weighted by Crippen LogP contribution is -2.03. The van der Waals surface area contributed by atoms with Crippen LogP contribution in [0, 0.1) is 0 Å². The SMILES string of the molecule is CCOCc1ccccc1NCc1cnn(C)c1. The molecule has 0 saturated heterocycles. The molecule has 2 rings (SSSR count). The third-order valence-corrected chi connectivity index (χ3v) is 2.72. The topological polar surface area (TPSA) is 39.1 Å². The van der Waals surface area contributed by atoms with Gasteiger partial charge in [-0.05, 0) is 13.0 Å². The molecule has 0 fully saturated rings. The standard InChI is InChI=1S/C14H19N3O/c1-3-18-11-13-6-4-5-7-14(13)15-8-12-9-16-17(2)10-12/h4-7,9-10,15H,3,8,11H2,1-2H3. The zero-order valence-corrected chi connectivity index (χ0v) is 10.9. The molecule has 0 amide bonds. The summed E-state index contributed by atoms with van der Waals surface area (Å²) in [6.45, 7) is 4.16. The Bertz CT molecular complexity index is 493. The molecule has 0 aliphatic rings. The van der Waals surface area contributed by atoms with Crippen molar-refractivity contribution < 1.29 is 4.74 Å². The van der Waals surface area contributed by atoms with Crippen molar-refractivity contribution in [1.29, 1.82) is 0 Å². The summed E-state index contributed by atoms with van der Waals surface area (Å²) in [6.07, 6.45) is 3.89. The van der Waals surface area contributed by atoms with Crippen LogP contribution < -0.4 is 5.32 Å². The Labute approximate surface area is 108 Å². The third-order valence-electron chi connectivity index (χ3n) is 2.72. The van der Waals surface area contributed by atoms with Gasteiger partial charge >= 0.3 is 0 Å². The Kier molecular flexibility index (Phi) is 4.36. The van der Waals surface area contributed by atoms with Gasteiger partial charge in [0.1, 0.15) is 0 Å². The second-order valence-electron chi connectivity index (χ2n) is 4.17. The van der Waals surface area contributed by atoms with E-state index in [4.69, 9.17) is 4.74 Å². The van der Waals surface area contributed by atoms with Crippen molar-refractivity contribution in [3.05, 3.63) is 47.8 Å². The number of benzene rings is 1. The minimum absolute atomic E-state index is 0.646. The summed E-state index contributed by atoms with van der Waals surface area (Å²) in [5.41, 5.74) is 3.47. The molecule has 1 aromatic carbocycles. The lowest BCUT2D eigenvalue weighted by molar-refractivity contribution is 0.134. The maximum atomic E-state index is 5.46. The lowest BCUT2D eigenvalue weighted by Gasteiger charge is -2.11. The van der Waals surface area contributed by atoms with E-state index in [0.29, 0.717) is 6.61 Å². The number of aryl methyl sites for hydroxylation is 1. The van der Waals surface area contributed by atoms with E-state index in [9.17, 15) is 0 Å². The van der Waals surface area contributed by atoms with E-state index in [1.165, 1.54) is 11.1 Å². The fourth-order valence-electron chi connectivity index (χ4n) is 1.79. The number of para-hydroxylation sites is 1. The fraction of sp³-hybridized carbons (Fsp3) is 0.357. The molecule has 0 bridgehead atoms. The smallest absolute Gasteiger partial charge is 0.0736 e. The number of hydrogen-bond acceptors (Lipinski definition) is 3. The molecule has 2 aromatic rings. The van der Waals surface area contributed by atoms with E-state index in [1.54, 1.807) is 0 Å². The molecule has 0 atom stereocenters. The summed E-state index contributed by atoms with van der Waals surface area (Å²) in [7, 11) is 1.92. The van der Waals surface area contributed by atoms with Crippen LogP contribution in [0.3, 0.4) is 0 Å². The van der Waals surface area contributed by atoms with E-state index >= 15 is 0 Å². The average Bonchev–Trinajstić information content (AvgIpc) is 2.81. The highest BCUT2D eigenvalue weighted by Crippen LogP contribution is 2.17. The number of anilines is 1. The molecule has 0 spiro atoms. The second-order valence-corrected chi connectivity index (χ2v) is 4.17. The highest BCUT2D eigenvalue weighted by molar-refractivity contribution is 5.51. The molecule has 1 heterocycles. The Morgan fingerprint density at radius 3 is 2.89 bits per heavy atom. The zero-order chi connectivity index (χ0) is 12.8. The third kappa shape index (κ3) is 3.34. The average molecular weight is 245 g/mol. The van der Waals surface area contributed by atoms with Gasteiger partial charge in [0.05, 0.1) is 12.8 Å². The van der Waals surface area contributed by atoms with E-state index in [0.717, 1.165) is 18.8 Å². The first-order valence-corrected chi connectivity index (χ1v) is 6.16. The molecule has 1 N–H and O–H groups in total. The Morgan fingerprint density at radius 2 is 2.17 bits per heavy atom. The first kappa shape index (κ1) is 12.6. The van der Waals surface area contributed by atoms with Crippen molar-refractivity contribution in [3.63, 3.8) is 0 Å². The van der Waals surface area contributed by atoms with Crippen LogP contribution in [0.4, 0.5) is 5.69 Å². The molecule has 0 aliphatic heterocycles. The van der Waals surface area contributed by atoms with Crippen LogP contribution in [0.15, 0.2) is 36.7 Å². The van der Waals surface area contributed by atoms with Crippen LogP contribution in [0.2, 0.25) is 0 Å². The maximum absolute atomic E-state index is 5.46. The second kappa shape index (κ2) is 6.21. The predicted molar refractivity (Wildman–Crippen MR) is 72.3 cm³/mol. The summed E-state index contributed by atoms with van der Waals surface area (Å²) >= 11 is 0. The van der Waals surface area contributed by atoms with Gasteiger partial charge in [-0.3, -0.25) is 4.68 Å². The van der Waals surface area contributed by atoms with Crippen molar-refractivity contribution in [3.8, 4) is 0 Å². The monoisotopic (exact) mass is 245 g/mol. The quantitative estimate of drug-likeness (QED) is 0.850. The number of nitrogens with zero attached hydrogens (tertiary/aromatic N) is 2. The Hall–Kier alpha value is -1.81. The van der Waals surface area contributed by atoms with Crippen LogP contribution in [0.25, 0.3) is 0 Å². The Morgan fingerprint density at radius 1 is 1.33 bits per heavy atom. The van der Waals surface area contributed by atoms with Gasteiger partial charge in [-0.1, -0.05) is 18.2 Å². The summed E-state index contributed by atoms with van der Waals surface area (Å²) in [5.74, 6) is 0. The van der Waals surface area contributed by atoms with Gasteiger partial charge in [0, 0.05) is 43.2 Å². The molecule has 0 aliphatic carbocycles. The molecule has 1 aromatic heterocycles. The highest BCUT2D eigenvalue weighted by Gasteiger charge is 2.02. The first-order chi connectivity index (χ1) is 8.79. The lowest BCUT2D eigenvalue weighted by atomic mass is 10.2. The van der Waals surface area contributed by atoms with E-state index in [-0.39, 0.29) is 0 Å². The fourth-order valence-corrected chi connectivity index (χ4v) is 1.79. The summed E-state index contributed by atoms with van der Waals surface area (Å²) < 4.78 is 7.27. The van der Waals surface area contributed by atoms with Crippen molar-refractivity contribution in [2.45, 2.75) is 20.1 Å². The maximum Gasteiger partial charge on any atom is 0.0736 e. The number of nitrogens with one attached hydrogen (secondary N) is 1. The highest BCUT2D eigenvalue weighted by atomic mass is 16.5. The van der Waals surface area contributed by atoms with Gasteiger partial charge in [-0.2, -0.15) is 5.10 Å². The molecule has 0 saturated carbocycles. The number of hydrogen-bond donors (Lipinski definition) is 1. The molecule has 96 valence electrons. The molecular weight excluding hydrogens is 226 g/mol. The molecule has 4 nitrogen and oxygen atoms in total. The summed E-state index contributed by atoms with van der Waals surface area (Å²) in [6, 6.07) is 8.22. The number of rotatable bonds is 6. The predicted octanol–water partition coefficient (Wildman–Crippen LogP) is 2.57. The van der Waals surface area contributed by atoms with Gasteiger partial charge in [0.2, 0.25) is 0 Å². The molecule has 4 heteroatoms. The zero-order valence-electron chi connectivity index (χ0n) is 10.9. The van der Waals surface area contributed by atoms with Gasteiger partial charge in [-0.25, -0.2) is 0 Å². The number of aromatic nitrogens is 2. The van der Waals surface area contributed by atoms with E-state index < -0.39 is 0 Å². The van der Waals surface area contributed by atoms with Crippen LogP contribution in [0.1, 0.15) is 18.1 Å². The van der Waals surface area contributed by atoms with Crippen LogP contribution in [-0.2, 0) is 24.9 Å². The van der Waals surface area contributed by atoms with Crippen molar-refractivity contribution >= 4 is 5.69 Å². The van der Waals surface area contributed by atoms with Crippen LogP contribution in [-0.4, -0.2) is 16.4 Å². The minimum atomic E-state index is 0.646. The van der Waals surface area contributed by atoms with E-state index in [2.05, 4.69) is 22.5 Å². The minimum Gasteiger partial charge on any atom is -0.381 e. The van der Waals surface area contributed by atoms with Crippen molar-refractivity contribution in [1.82, 2.24) is 9.78 Å². The van der Waals surface area contributed by atoms with Crippen molar-refractivity contribution in [2.24, 2.45) is 7.05 Å². The number of ether oxygens (including phenoxy) is 1. The van der Waals surface area contributed by atoms with Crippen molar-refractivity contribution in [2.75, 3.05) is 11.9 Å². The molecular formula is C14H19N3O. The van der Waals surface area contributed by atoms with E-state index in [1.807, 2.05) is 43.2 Å². The van der Waals surface area contributed by atoms with Crippen LogP contribution in [0.5, 0.6) is 0 Å². The molecule has 18 heavy (non-hydrogen) atoms. The van der Waals surface area contributed by atoms with Crippen LogP contribution >= 0.6 is 0 Å². The molecule has 0 radical (unpaired) electrons. The van der Waals surface area contributed by atoms with Gasteiger partial charge in [-0.15, -0.1) is 0 Å². The summed E-state index contributed by atoms with van der Waals surface area (Å²) in [4.78, 5) is 0. The van der Waals surface area contributed by atoms with Gasteiger partial charge in [0.25, 0.3) is 0 Å². The normalized spacial score (nSPS) is 10.6. The van der Waals surface area contributed by atoms with Gasteiger partial charge < -0.3 is 10.1 Å². The summed E-state index contributed by atoms with van der Waals surface area (Å²) in [5, 5.41) is 7.57. The first-order valence-electron chi connectivity index (χ1n) is 6.16. The largest absolute Gasteiger partial charge is 0.381 e. The van der Waals surface area contributed by atoms with Gasteiger partial charge in [0.15, 0.2) is 0 Å². The molecule has 0 unspecified atom stereocenters. The Balaban J connectivity index is 1.99.